The predicted octanol–water partition coefficient (Wildman–Crippen LogP) is 3.72. The van der Waals surface area contributed by atoms with Crippen molar-refractivity contribution in [2.45, 2.75) is 70.4 Å². The fourth-order valence-electron chi connectivity index (χ4n) is 2.21. The number of aliphatic hydroxyl groups is 1. The molecule has 0 saturated heterocycles. The lowest BCUT2D eigenvalue weighted by molar-refractivity contribution is 0.122. The second-order valence-electron chi connectivity index (χ2n) is 6.82. The molecule has 0 bridgehead atoms. The van der Waals surface area contributed by atoms with Crippen molar-refractivity contribution in [2.75, 3.05) is 0 Å². The number of aliphatic hydroxyl groups excluding tert-OH is 1. The van der Waals surface area contributed by atoms with E-state index in [2.05, 4.69) is 40.4 Å². The lowest BCUT2D eigenvalue weighted by atomic mass is 10.0. The summed E-state index contributed by atoms with van der Waals surface area (Å²) in [6, 6.07) is 0. The van der Waals surface area contributed by atoms with Gasteiger partial charge < -0.3 is 9.53 Å². The third-order valence-corrected chi connectivity index (χ3v) is 8.89. The summed E-state index contributed by atoms with van der Waals surface area (Å²) in [6.07, 6.45) is 4.63. The van der Waals surface area contributed by atoms with Crippen LogP contribution in [0, 0.1) is 5.92 Å². The van der Waals surface area contributed by atoms with Crippen molar-refractivity contribution >= 4 is 8.32 Å². The molecule has 0 heterocycles. The maximum atomic E-state index is 9.98. The Kier molecular flexibility index (Phi) is 4.61. The quantitative estimate of drug-likeness (QED) is 0.613. The van der Waals surface area contributed by atoms with Gasteiger partial charge in [-0.2, -0.15) is 0 Å². The van der Waals surface area contributed by atoms with Gasteiger partial charge in [0, 0.05) is 6.10 Å². The van der Waals surface area contributed by atoms with E-state index in [9.17, 15) is 5.11 Å². The maximum Gasteiger partial charge on any atom is 0.192 e. The van der Waals surface area contributed by atoms with Crippen molar-refractivity contribution in [1.29, 1.82) is 0 Å². The fourth-order valence-corrected chi connectivity index (χ4v) is 3.59. The van der Waals surface area contributed by atoms with Crippen LogP contribution in [-0.4, -0.2) is 25.6 Å². The smallest absolute Gasteiger partial charge is 0.192 e. The van der Waals surface area contributed by atoms with Gasteiger partial charge in [-0.05, 0) is 43.3 Å². The lowest BCUT2D eigenvalue weighted by Gasteiger charge is -2.38. The van der Waals surface area contributed by atoms with Gasteiger partial charge in [0.05, 0.1) is 6.10 Å². The molecule has 1 unspecified atom stereocenters. The normalized spacial score (nSPS) is 30.6. The standard InChI is InChI=1S/C14H28O2Si/c1-7-8-11-9-12(10-13(11)15)16-17(5,6)14(2,3)4/h7,11-13,15H,1,8-10H2,2-6H3/t11-,12?,13+/m0/s1. The number of allylic oxidation sites excluding steroid dienone is 1. The first-order chi connectivity index (χ1) is 7.67. The minimum Gasteiger partial charge on any atom is -0.414 e. The van der Waals surface area contributed by atoms with Gasteiger partial charge in [0.2, 0.25) is 0 Å². The predicted molar refractivity (Wildman–Crippen MR) is 75.6 cm³/mol. The molecule has 3 heteroatoms. The molecule has 1 saturated carbocycles. The van der Waals surface area contributed by atoms with Gasteiger partial charge in [-0.15, -0.1) is 6.58 Å². The summed E-state index contributed by atoms with van der Waals surface area (Å²) < 4.78 is 6.35. The van der Waals surface area contributed by atoms with Gasteiger partial charge >= 0.3 is 0 Å². The van der Waals surface area contributed by atoms with Crippen LogP contribution in [-0.2, 0) is 4.43 Å². The van der Waals surface area contributed by atoms with Crippen LogP contribution in [0.15, 0.2) is 12.7 Å². The third kappa shape index (κ3) is 3.67. The Morgan fingerprint density at radius 1 is 1.35 bits per heavy atom. The molecule has 1 aliphatic carbocycles. The molecule has 0 radical (unpaired) electrons. The summed E-state index contributed by atoms with van der Waals surface area (Å²) in [4.78, 5) is 0. The highest BCUT2D eigenvalue weighted by Crippen LogP contribution is 2.40. The first-order valence-corrected chi connectivity index (χ1v) is 9.55. The van der Waals surface area contributed by atoms with Crippen LogP contribution in [0.2, 0.25) is 18.1 Å². The van der Waals surface area contributed by atoms with Crippen LogP contribution in [0.5, 0.6) is 0 Å². The monoisotopic (exact) mass is 256 g/mol. The Morgan fingerprint density at radius 3 is 2.41 bits per heavy atom. The van der Waals surface area contributed by atoms with Gasteiger partial charge in [-0.25, -0.2) is 0 Å². The van der Waals surface area contributed by atoms with E-state index in [1.807, 2.05) is 6.08 Å². The molecule has 0 aliphatic heterocycles. The van der Waals surface area contributed by atoms with Gasteiger partial charge in [0.1, 0.15) is 0 Å². The summed E-state index contributed by atoms with van der Waals surface area (Å²) in [5.41, 5.74) is 0. The molecule has 0 amide bonds. The average Bonchev–Trinajstić information content (AvgIpc) is 2.44. The number of hydrogen-bond donors (Lipinski definition) is 1. The van der Waals surface area contributed by atoms with Crippen LogP contribution in [0.25, 0.3) is 0 Å². The third-order valence-electron chi connectivity index (χ3n) is 4.35. The van der Waals surface area contributed by atoms with E-state index < -0.39 is 8.32 Å². The Balaban J connectivity index is 2.58. The molecule has 0 aromatic carbocycles. The molecular weight excluding hydrogens is 228 g/mol. The topological polar surface area (TPSA) is 29.5 Å². The van der Waals surface area contributed by atoms with Crippen molar-refractivity contribution in [3.05, 3.63) is 12.7 Å². The molecule has 100 valence electrons. The zero-order valence-corrected chi connectivity index (χ0v) is 13.0. The first-order valence-electron chi connectivity index (χ1n) is 6.64. The van der Waals surface area contributed by atoms with Crippen LogP contribution in [0.4, 0.5) is 0 Å². The summed E-state index contributed by atoms with van der Waals surface area (Å²) in [6.45, 7) is 15.1. The molecular formula is C14H28O2Si. The second kappa shape index (κ2) is 5.25. The molecule has 0 spiro atoms. The Labute approximate surface area is 107 Å². The van der Waals surface area contributed by atoms with Gasteiger partial charge in [0.25, 0.3) is 0 Å². The van der Waals surface area contributed by atoms with Gasteiger partial charge in [-0.1, -0.05) is 26.8 Å². The molecule has 1 aliphatic rings. The summed E-state index contributed by atoms with van der Waals surface area (Å²) in [7, 11) is -1.69. The van der Waals surface area contributed by atoms with Crippen LogP contribution in [0.1, 0.15) is 40.0 Å². The van der Waals surface area contributed by atoms with Gasteiger partial charge in [0.15, 0.2) is 8.32 Å². The van der Waals surface area contributed by atoms with E-state index in [0.717, 1.165) is 19.3 Å². The van der Waals surface area contributed by atoms with Crippen LogP contribution >= 0.6 is 0 Å². The molecule has 1 N–H and O–H groups in total. The van der Waals surface area contributed by atoms with Crippen molar-refractivity contribution in [1.82, 2.24) is 0 Å². The zero-order valence-electron chi connectivity index (χ0n) is 12.0. The highest BCUT2D eigenvalue weighted by atomic mass is 28.4. The van der Waals surface area contributed by atoms with Crippen LogP contribution in [0.3, 0.4) is 0 Å². The summed E-state index contributed by atoms with van der Waals surface area (Å²) in [5, 5.41) is 10.2. The largest absolute Gasteiger partial charge is 0.414 e. The Morgan fingerprint density at radius 2 is 1.94 bits per heavy atom. The summed E-state index contributed by atoms with van der Waals surface area (Å²) >= 11 is 0. The second-order valence-corrected chi connectivity index (χ2v) is 11.6. The number of hydrogen-bond acceptors (Lipinski definition) is 2. The molecule has 1 rings (SSSR count). The zero-order chi connectivity index (χ0) is 13.3. The lowest BCUT2D eigenvalue weighted by Crippen LogP contribution is -2.43. The first kappa shape index (κ1) is 14.9. The van der Waals surface area contributed by atoms with E-state index in [-0.39, 0.29) is 17.2 Å². The highest BCUT2D eigenvalue weighted by Gasteiger charge is 2.42. The highest BCUT2D eigenvalue weighted by molar-refractivity contribution is 6.74. The molecule has 2 nitrogen and oxygen atoms in total. The average molecular weight is 256 g/mol. The Hall–Kier alpha value is -0.123. The van der Waals surface area contributed by atoms with E-state index in [4.69, 9.17) is 4.43 Å². The minimum absolute atomic E-state index is 0.206. The molecule has 17 heavy (non-hydrogen) atoms. The van der Waals surface area contributed by atoms with Crippen molar-refractivity contribution in [3.63, 3.8) is 0 Å². The van der Waals surface area contributed by atoms with E-state index in [0.29, 0.717) is 5.92 Å². The molecule has 3 atom stereocenters. The van der Waals surface area contributed by atoms with E-state index in [1.54, 1.807) is 0 Å². The van der Waals surface area contributed by atoms with Crippen molar-refractivity contribution in [2.24, 2.45) is 5.92 Å². The van der Waals surface area contributed by atoms with E-state index in [1.165, 1.54) is 0 Å². The molecule has 0 aromatic heterocycles. The molecule has 1 fully saturated rings. The van der Waals surface area contributed by atoms with E-state index >= 15 is 0 Å². The fraction of sp³-hybridized carbons (Fsp3) is 0.857. The maximum absolute atomic E-state index is 9.98. The van der Waals surface area contributed by atoms with Crippen molar-refractivity contribution < 1.29 is 9.53 Å². The van der Waals surface area contributed by atoms with Crippen LogP contribution < -0.4 is 0 Å². The van der Waals surface area contributed by atoms with Crippen molar-refractivity contribution in [3.8, 4) is 0 Å². The Bertz CT molecular complexity index is 268. The SMILES string of the molecule is C=CC[C@H]1CC(O[Si](C)(C)C(C)(C)C)C[C@H]1O. The number of rotatable bonds is 4. The molecule has 0 aromatic rings. The van der Waals surface area contributed by atoms with Gasteiger partial charge in [-0.3, -0.25) is 0 Å². The minimum atomic E-state index is -1.69. The summed E-state index contributed by atoms with van der Waals surface area (Å²) in [5.74, 6) is 0.349.